The predicted molar refractivity (Wildman–Crippen MR) is 222 cm³/mol. The summed E-state index contributed by atoms with van der Waals surface area (Å²) in [7, 11) is 0. The fourth-order valence-corrected chi connectivity index (χ4v) is 6.90. The van der Waals surface area contributed by atoms with E-state index in [1.165, 1.54) is 250 Å². The van der Waals surface area contributed by atoms with Gasteiger partial charge in [-0.1, -0.05) is 271 Å². The van der Waals surface area contributed by atoms with Gasteiger partial charge in [0.15, 0.2) is 0 Å². The summed E-state index contributed by atoms with van der Waals surface area (Å²) in [5, 5.41) is 13.3. The van der Waals surface area contributed by atoms with Crippen molar-refractivity contribution in [2.24, 2.45) is 0 Å². The Labute approximate surface area is 352 Å². The molecular formula is C46H96Cl2NOTi. The van der Waals surface area contributed by atoms with Crippen molar-refractivity contribution in [1.29, 1.82) is 0 Å². The van der Waals surface area contributed by atoms with Crippen LogP contribution in [0.5, 0.6) is 0 Å². The van der Waals surface area contributed by atoms with Crippen LogP contribution in [0.25, 0.3) is 5.32 Å². The molecule has 0 heterocycles. The number of rotatable bonds is 42. The maximum absolute atomic E-state index is 8.51. The third-order valence-electron chi connectivity index (χ3n) is 10.4. The molecule has 0 aromatic carbocycles. The molecule has 0 fully saturated rings. The van der Waals surface area contributed by atoms with Crippen molar-refractivity contribution >= 4 is 0 Å². The van der Waals surface area contributed by atoms with Crippen molar-refractivity contribution in [2.75, 3.05) is 19.7 Å². The zero-order valence-corrected chi connectivity index (χ0v) is 38.6. The Hall–Kier alpha value is 1.21. The molecule has 51 heavy (non-hydrogen) atoms. The van der Waals surface area contributed by atoms with E-state index in [4.69, 9.17) is 10.4 Å². The SMILES string of the molecule is CCCCCCCCCCCCCCCCCC[N-]CCCCCCCCCCCCCCCCCC.CCCCCCCCCCO.[Cl-].[Cl-].[Ti+3]. The van der Waals surface area contributed by atoms with Crippen molar-refractivity contribution < 1.29 is 51.6 Å². The molecule has 0 amide bonds. The predicted octanol–water partition coefficient (Wildman–Crippen LogP) is 11.0. The summed E-state index contributed by atoms with van der Waals surface area (Å²) in [5.74, 6) is 0. The van der Waals surface area contributed by atoms with Gasteiger partial charge in [0.25, 0.3) is 0 Å². The smallest absolute Gasteiger partial charge is 1.00 e. The second-order valence-corrected chi connectivity index (χ2v) is 15.5. The van der Waals surface area contributed by atoms with Crippen molar-refractivity contribution in [2.45, 2.75) is 278 Å². The summed E-state index contributed by atoms with van der Waals surface area (Å²) in [6, 6.07) is 0. The van der Waals surface area contributed by atoms with Gasteiger partial charge in [-0.2, -0.15) is 0 Å². The minimum atomic E-state index is 0. The maximum atomic E-state index is 8.51. The van der Waals surface area contributed by atoms with Crippen molar-refractivity contribution in [3.63, 3.8) is 0 Å². The van der Waals surface area contributed by atoms with Crippen LogP contribution in [0.4, 0.5) is 0 Å². The first-order valence-corrected chi connectivity index (χ1v) is 23.1. The Morgan fingerprint density at radius 3 is 0.588 bits per heavy atom. The monoisotopic (exact) mass is 797 g/mol. The van der Waals surface area contributed by atoms with E-state index in [1.807, 2.05) is 0 Å². The Balaban J connectivity index is -0.000000433. The summed E-state index contributed by atoms with van der Waals surface area (Å²) in [5.41, 5.74) is 0. The van der Waals surface area contributed by atoms with Gasteiger partial charge in [-0.05, 0) is 6.42 Å². The van der Waals surface area contributed by atoms with Gasteiger partial charge in [-0.25, -0.2) is 0 Å². The topological polar surface area (TPSA) is 34.3 Å². The number of hydrogen-bond acceptors (Lipinski definition) is 1. The normalized spacial score (nSPS) is 10.6. The Morgan fingerprint density at radius 2 is 0.412 bits per heavy atom. The molecule has 0 aliphatic carbocycles. The molecule has 309 valence electrons. The molecule has 0 rings (SSSR count). The molecule has 5 heteroatoms. The van der Waals surface area contributed by atoms with Crippen LogP contribution in [0.2, 0.25) is 0 Å². The van der Waals surface area contributed by atoms with E-state index in [1.54, 1.807) is 0 Å². The number of hydrogen-bond donors (Lipinski definition) is 1. The van der Waals surface area contributed by atoms with E-state index in [2.05, 4.69) is 20.8 Å². The molecule has 0 saturated heterocycles. The first kappa shape index (κ1) is 61.4. The van der Waals surface area contributed by atoms with Crippen LogP contribution in [-0.4, -0.2) is 24.8 Å². The largest absolute Gasteiger partial charge is 3.00 e. The van der Waals surface area contributed by atoms with Gasteiger partial charge >= 0.3 is 21.7 Å². The summed E-state index contributed by atoms with van der Waals surface area (Å²) < 4.78 is 0. The molecule has 0 aliphatic rings. The fraction of sp³-hybridized carbons (Fsp3) is 1.00. The third kappa shape index (κ3) is 66.4. The molecule has 0 unspecified atom stereocenters. The molecule has 0 bridgehead atoms. The van der Waals surface area contributed by atoms with Crippen LogP contribution < -0.4 is 24.8 Å². The number of aliphatic hydroxyl groups is 1. The Morgan fingerprint density at radius 1 is 0.255 bits per heavy atom. The Bertz CT molecular complexity index is 472. The van der Waals surface area contributed by atoms with Crippen molar-refractivity contribution in [3.05, 3.63) is 5.32 Å². The van der Waals surface area contributed by atoms with E-state index < -0.39 is 0 Å². The van der Waals surface area contributed by atoms with Crippen molar-refractivity contribution in [1.82, 2.24) is 0 Å². The molecule has 0 aromatic rings. The zero-order valence-electron chi connectivity index (χ0n) is 35.6. The van der Waals surface area contributed by atoms with Gasteiger partial charge in [0.05, 0.1) is 0 Å². The maximum Gasteiger partial charge on any atom is 3.00 e. The number of halogens is 2. The van der Waals surface area contributed by atoms with E-state index in [0.717, 1.165) is 19.5 Å². The van der Waals surface area contributed by atoms with Crippen molar-refractivity contribution in [3.8, 4) is 0 Å². The van der Waals surface area contributed by atoms with Gasteiger partial charge in [0.1, 0.15) is 0 Å². The minimum Gasteiger partial charge on any atom is -1.00 e. The number of nitrogens with zero attached hydrogens (tertiary/aromatic N) is 1. The van der Waals surface area contributed by atoms with Crippen LogP contribution in [0.15, 0.2) is 0 Å². The van der Waals surface area contributed by atoms with Crippen LogP contribution in [0.3, 0.4) is 0 Å². The number of unbranched alkanes of at least 4 members (excludes halogenated alkanes) is 37. The van der Waals surface area contributed by atoms with Gasteiger partial charge in [-0.15, -0.1) is 13.1 Å². The van der Waals surface area contributed by atoms with Crippen LogP contribution in [0, 0.1) is 0 Å². The second kappa shape index (κ2) is 63.2. The summed E-state index contributed by atoms with van der Waals surface area (Å²) >= 11 is 0. The molecule has 1 radical (unpaired) electrons. The van der Waals surface area contributed by atoms with E-state index in [-0.39, 0.29) is 46.5 Å². The quantitative estimate of drug-likeness (QED) is 0.0485. The van der Waals surface area contributed by atoms with Gasteiger partial charge in [-0.3, -0.25) is 0 Å². The molecule has 1 N–H and O–H groups in total. The van der Waals surface area contributed by atoms with Gasteiger partial charge < -0.3 is 35.2 Å². The van der Waals surface area contributed by atoms with Crippen LogP contribution in [-0.2, 0) is 21.7 Å². The van der Waals surface area contributed by atoms with E-state index >= 15 is 0 Å². The fourth-order valence-electron chi connectivity index (χ4n) is 6.90. The third-order valence-corrected chi connectivity index (χ3v) is 10.4. The molecule has 0 spiro atoms. The van der Waals surface area contributed by atoms with Crippen LogP contribution >= 0.6 is 0 Å². The molecule has 0 aliphatic heterocycles. The first-order valence-electron chi connectivity index (χ1n) is 23.1. The number of aliphatic hydroxyl groups excluding tert-OH is 1. The molecule has 2 nitrogen and oxygen atoms in total. The summed E-state index contributed by atoms with van der Waals surface area (Å²) in [4.78, 5) is 0. The molecule has 0 atom stereocenters. The van der Waals surface area contributed by atoms with Crippen LogP contribution in [0.1, 0.15) is 278 Å². The van der Waals surface area contributed by atoms with Gasteiger partial charge in [0, 0.05) is 6.61 Å². The second-order valence-electron chi connectivity index (χ2n) is 15.5. The molecular weight excluding hydrogens is 701 g/mol. The minimum absolute atomic E-state index is 0. The molecule has 0 saturated carbocycles. The first-order chi connectivity index (χ1) is 23.8. The van der Waals surface area contributed by atoms with E-state index in [9.17, 15) is 0 Å². The standard InChI is InChI=1S/C36H74N.C10H22O.2ClH.Ti/c1-3-5-7-9-11-13-15-17-19-21-23-25-27-29-31-33-35-37-36-34-32-30-28-26-24-22-20-18-16-14-12-10-8-6-4-2;1-2-3-4-5-6-7-8-9-10-11;;;/h3-36H2,1-2H3;11H,2-10H2,1H3;2*1H;/q-1;;;;+3/p-2. The summed E-state index contributed by atoms with van der Waals surface area (Å²) in [6.45, 7) is 9.47. The zero-order chi connectivity index (χ0) is 35.1. The summed E-state index contributed by atoms with van der Waals surface area (Å²) in [6.07, 6.45) is 56.7. The van der Waals surface area contributed by atoms with E-state index in [0.29, 0.717) is 6.61 Å². The molecule has 0 aromatic heterocycles. The Kier molecular flexibility index (Phi) is 76.1. The average molecular weight is 798 g/mol. The van der Waals surface area contributed by atoms with Gasteiger partial charge in [0.2, 0.25) is 0 Å². The average Bonchev–Trinajstić information content (AvgIpc) is 3.10.